The van der Waals surface area contributed by atoms with Crippen LogP contribution >= 0.6 is 0 Å². The molecule has 7 rings (SSSR count). The number of nitrogens with zero attached hydrogens (tertiary/aromatic N) is 3. The van der Waals surface area contributed by atoms with Gasteiger partial charge in [0.15, 0.2) is 5.71 Å². The number of esters is 1. The van der Waals surface area contributed by atoms with E-state index in [0.29, 0.717) is 64.0 Å². The van der Waals surface area contributed by atoms with Gasteiger partial charge in [-0.1, -0.05) is 80.6 Å². The molecule has 2 aliphatic heterocycles. The van der Waals surface area contributed by atoms with Gasteiger partial charge in [-0.3, -0.25) is 24.0 Å². The molecule has 0 fully saturated rings. The number of fused-ring (bicyclic) bond motifs is 6. The number of non-ortho nitro benzene ring substituents is 1. The summed E-state index contributed by atoms with van der Waals surface area (Å²) >= 11 is 0. The fraction of sp³-hybridized carbons (Fsp3) is 0.345. The van der Waals surface area contributed by atoms with Crippen molar-refractivity contribution < 1.29 is 49.7 Å². The van der Waals surface area contributed by atoms with Gasteiger partial charge in [-0.15, -0.1) is 0 Å². The number of ether oxygens (including phenoxy) is 2. The molecule has 0 bridgehead atoms. The van der Waals surface area contributed by atoms with Crippen LogP contribution in [-0.2, 0) is 35.9 Å². The summed E-state index contributed by atoms with van der Waals surface area (Å²) in [5.74, 6) is -0.0284. The van der Waals surface area contributed by atoms with Crippen LogP contribution in [0.25, 0.3) is 21.5 Å². The van der Waals surface area contributed by atoms with Crippen molar-refractivity contribution in [2.45, 2.75) is 89.9 Å². The van der Waals surface area contributed by atoms with Crippen molar-refractivity contribution in [2.75, 3.05) is 36.1 Å². The fourth-order valence-corrected chi connectivity index (χ4v) is 11.0. The number of carbonyl (C=O) groups is 1. The van der Waals surface area contributed by atoms with Crippen LogP contribution in [0.15, 0.2) is 139 Å². The van der Waals surface area contributed by atoms with Crippen LogP contribution in [0.5, 0.6) is 11.5 Å². The molecule has 0 aliphatic carbocycles. The predicted octanol–water partition coefficient (Wildman–Crippen LogP) is 11.5. The molecule has 71 heavy (non-hydrogen) atoms. The van der Waals surface area contributed by atoms with E-state index in [4.69, 9.17) is 9.47 Å². The Labute approximate surface area is 416 Å². The molecular weight excluding hydrogens is 943 g/mol. The van der Waals surface area contributed by atoms with Crippen molar-refractivity contribution in [1.82, 2.24) is 0 Å². The Hall–Kier alpha value is -6.46. The van der Waals surface area contributed by atoms with Crippen molar-refractivity contribution in [2.24, 2.45) is 0 Å². The fourth-order valence-electron chi connectivity index (χ4n) is 9.82. The van der Waals surface area contributed by atoms with E-state index in [2.05, 4.69) is 91.8 Å². The Morgan fingerprint density at radius 1 is 0.704 bits per heavy atom. The molecule has 0 saturated carbocycles. The first-order valence-electron chi connectivity index (χ1n) is 24.0. The van der Waals surface area contributed by atoms with E-state index in [-0.39, 0.29) is 34.8 Å². The smallest absolute Gasteiger partial charge is 0.311 e. The number of unbranched alkanes of at least 4 members (excludes halogenated alkanes) is 4. The number of carbonyl (C=O) groups excluding carboxylic acids is 1. The summed E-state index contributed by atoms with van der Waals surface area (Å²) in [6.07, 6.45) is 18.1. The highest BCUT2D eigenvalue weighted by Crippen LogP contribution is 2.51. The minimum Gasteiger partial charge on any atom is -0.494 e. The van der Waals surface area contributed by atoms with Crippen molar-refractivity contribution in [3.05, 3.63) is 160 Å². The van der Waals surface area contributed by atoms with Crippen molar-refractivity contribution in [1.29, 1.82) is 0 Å². The summed E-state index contributed by atoms with van der Waals surface area (Å²) in [5, 5.41) is 15.3. The van der Waals surface area contributed by atoms with Crippen molar-refractivity contribution in [3.8, 4) is 11.5 Å². The Bertz CT molecular complexity index is 3190. The van der Waals surface area contributed by atoms with E-state index in [9.17, 15) is 40.8 Å². The molecule has 16 heteroatoms. The average molecular weight is 1010 g/mol. The molecular formula is C55H62N3O11S2+. The Morgan fingerprint density at radius 2 is 1.35 bits per heavy atom. The lowest BCUT2D eigenvalue weighted by molar-refractivity contribution is -0.438. The van der Waals surface area contributed by atoms with Gasteiger partial charge in [-0.25, -0.2) is 0 Å². The third kappa shape index (κ3) is 12.9. The zero-order chi connectivity index (χ0) is 51.0. The summed E-state index contributed by atoms with van der Waals surface area (Å²) in [4.78, 5) is 25.0. The minimum absolute atomic E-state index is 0.0782. The van der Waals surface area contributed by atoms with Gasteiger partial charge in [0, 0.05) is 66.0 Å². The summed E-state index contributed by atoms with van der Waals surface area (Å²) in [6, 6.07) is 28.2. The summed E-state index contributed by atoms with van der Waals surface area (Å²) in [7, 11) is -8.15. The largest absolute Gasteiger partial charge is 0.494 e. The molecule has 374 valence electrons. The van der Waals surface area contributed by atoms with Crippen LogP contribution in [0.4, 0.5) is 17.1 Å². The quantitative estimate of drug-likeness (QED) is 0.00920. The zero-order valence-corrected chi connectivity index (χ0v) is 42.3. The number of allylic oxidation sites excluding steroid dienone is 8. The van der Waals surface area contributed by atoms with E-state index in [1.807, 2.05) is 54.6 Å². The van der Waals surface area contributed by atoms with Gasteiger partial charge in [0.1, 0.15) is 18.0 Å². The molecule has 0 spiro atoms. The predicted molar refractivity (Wildman–Crippen MR) is 281 cm³/mol. The number of rotatable bonds is 23. The van der Waals surface area contributed by atoms with Gasteiger partial charge in [-0.05, 0) is 122 Å². The van der Waals surface area contributed by atoms with Gasteiger partial charge in [0.25, 0.3) is 25.9 Å². The summed E-state index contributed by atoms with van der Waals surface area (Å²) < 4.78 is 78.7. The minimum atomic E-state index is -4.10. The van der Waals surface area contributed by atoms with Crippen LogP contribution in [0.3, 0.4) is 0 Å². The van der Waals surface area contributed by atoms with E-state index in [1.165, 1.54) is 35.2 Å². The van der Waals surface area contributed by atoms with Crippen LogP contribution in [-0.4, -0.2) is 78.3 Å². The maximum Gasteiger partial charge on any atom is 0.311 e. The first-order chi connectivity index (χ1) is 33.7. The maximum absolute atomic E-state index is 12.3. The molecule has 0 radical (unpaired) electrons. The highest BCUT2D eigenvalue weighted by molar-refractivity contribution is 7.86. The highest BCUT2D eigenvalue weighted by atomic mass is 32.2. The number of anilines is 1. The molecule has 0 amide bonds. The molecule has 5 aromatic carbocycles. The first-order valence-corrected chi connectivity index (χ1v) is 27.2. The molecule has 0 atom stereocenters. The monoisotopic (exact) mass is 1000 g/mol. The van der Waals surface area contributed by atoms with Gasteiger partial charge < -0.3 is 14.4 Å². The second kappa shape index (κ2) is 22.3. The molecule has 0 unspecified atom stereocenters. The number of hydrogen-bond donors (Lipinski definition) is 2. The molecule has 2 heterocycles. The van der Waals surface area contributed by atoms with E-state index >= 15 is 0 Å². The van der Waals surface area contributed by atoms with Crippen LogP contribution in [0.1, 0.15) is 90.2 Å². The summed E-state index contributed by atoms with van der Waals surface area (Å²) in [6.45, 7) is 10.3. The van der Waals surface area contributed by atoms with Gasteiger partial charge >= 0.3 is 5.97 Å². The van der Waals surface area contributed by atoms with Gasteiger partial charge in [-0.2, -0.15) is 21.4 Å². The normalized spacial score (nSPS) is 16.0. The summed E-state index contributed by atoms with van der Waals surface area (Å²) in [5.41, 5.74) is 5.65. The standard InChI is InChI=1S/C55H61N3O11S2/c1-54(2)49(56(34-14-17-37-70(62,63)64)47-32-25-40-19-12-13-20-45(40)52(47)54)21-9-6-5-7-10-22-50-55(3,4)53-46-39-44(29-24-41(46)26-33-48(53)57(50)35-15-18-38-71(65,66)67)68-36-16-8-11-23-51(59)69-43-30-27-42(28-31-43)58(60)61/h5-7,9-10,12-13,19-22,24-33,39H,8,11,14-18,23,34-38H2,1-4H3,(H-,62,63,64,65,66,67)/p+1. The lowest BCUT2D eigenvalue weighted by Crippen LogP contribution is -2.28. The SMILES string of the molecule is CC1(C)C(/C=C/C=C/C=C/C=C2/N(CCCCS(=O)(=O)O)c3ccc4ccc(OCCCCCC(=O)Oc5ccc([N+](=O)[O-])cc5)cc4c3C2(C)C)=[N+](CCCCS(=O)(=O)O)c2ccc3ccccc3c21. The van der Waals surface area contributed by atoms with E-state index in [0.717, 1.165) is 50.9 Å². The van der Waals surface area contributed by atoms with Gasteiger partial charge in [0.05, 0.1) is 28.5 Å². The topological polar surface area (TPSA) is 194 Å². The Kier molecular flexibility index (Phi) is 16.5. The Balaban J connectivity index is 1.05. The number of benzene rings is 5. The van der Waals surface area contributed by atoms with Crippen LogP contribution in [0.2, 0.25) is 0 Å². The number of hydrogen-bond acceptors (Lipinski definition) is 10. The van der Waals surface area contributed by atoms with E-state index in [1.54, 1.807) is 0 Å². The van der Waals surface area contributed by atoms with Crippen LogP contribution < -0.4 is 14.4 Å². The zero-order valence-electron chi connectivity index (χ0n) is 40.6. The number of nitro groups is 1. The first kappa shape index (κ1) is 52.4. The maximum atomic E-state index is 12.3. The molecule has 0 saturated heterocycles. The Morgan fingerprint density at radius 3 is 2.08 bits per heavy atom. The third-order valence-electron chi connectivity index (χ3n) is 13.2. The van der Waals surface area contributed by atoms with Gasteiger partial charge in [0.2, 0.25) is 5.69 Å². The second-order valence-corrected chi connectivity index (χ2v) is 22.2. The molecule has 2 N–H and O–H groups in total. The molecule has 0 aromatic heterocycles. The molecule has 5 aromatic rings. The lowest BCUT2D eigenvalue weighted by atomic mass is 9.79. The number of nitro benzene ring substituents is 1. The molecule has 2 aliphatic rings. The highest BCUT2D eigenvalue weighted by Gasteiger charge is 2.45. The second-order valence-electron chi connectivity index (χ2n) is 19.0. The van der Waals surface area contributed by atoms with Crippen LogP contribution in [0, 0.1) is 10.1 Å². The van der Waals surface area contributed by atoms with Crippen molar-refractivity contribution in [3.63, 3.8) is 0 Å². The van der Waals surface area contributed by atoms with Crippen molar-refractivity contribution >= 4 is 70.5 Å². The third-order valence-corrected chi connectivity index (χ3v) is 14.8. The average Bonchev–Trinajstić information content (AvgIpc) is 3.67. The molecule has 14 nitrogen and oxygen atoms in total. The van der Waals surface area contributed by atoms with E-state index < -0.39 is 36.5 Å². The lowest BCUT2D eigenvalue weighted by Gasteiger charge is -2.27.